The van der Waals surface area contributed by atoms with Crippen molar-refractivity contribution in [1.82, 2.24) is 9.55 Å². The van der Waals surface area contributed by atoms with Gasteiger partial charge in [-0.1, -0.05) is 20.8 Å². The van der Waals surface area contributed by atoms with E-state index in [1.807, 2.05) is 0 Å². The van der Waals surface area contributed by atoms with Gasteiger partial charge in [-0.15, -0.1) is 0 Å². The molecule has 0 spiro atoms. The van der Waals surface area contributed by atoms with E-state index in [-0.39, 0.29) is 11.6 Å². The molecule has 9 heteroatoms. The summed E-state index contributed by atoms with van der Waals surface area (Å²) in [6.07, 6.45) is -1.48. The molecule has 4 atom stereocenters. The Morgan fingerprint density at radius 2 is 2.12 bits per heavy atom. The molecule has 1 aliphatic rings. The van der Waals surface area contributed by atoms with Crippen molar-refractivity contribution < 1.29 is 19.0 Å². The molecule has 0 aliphatic carbocycles. The Balaban J connectivity index is 2.24. The van der Waals surface area contributed by atoms with Crippen molar-refractivity contribution in [1.29, 1.82) is 1.43 Å². The van der Waals surface area contributed by atoms with Crippen LogP contribution in [-0.4, -0.2) is 56.4 Å². The molecule has 1 aromatic heterocycles. The van der Waals surface area contributed by atoms with E-state index in [9.17, 15) is 9.59 Å². The van der Waals surface area contributed by atoms with E-state index in [4.69, 9.17) is 20.4 Å². The Hall–Kier alpha value is -1.26. The average Bonchev–Trinajstić information content (AvgIpc) is 2.89. The van der Waals surface area contributed by atoms with Crippen molar-refractivity contribution in [2.45, 2.75) is 63.4 Å². The van der Waals surface area contributed by atoms with Crippen LogP contribution >= 0.6 is 0 Å². The number of aromatic amines is 1. The number of aromatic nitrogens is 2. The zero-order valence-corrected chi connectivity index (χ0v) is 16.6. The van der Waals surface area contributed by atoms with Gasteiger partial charge in [-0.05, 0) is 18.1 Å². The van der Waals surface area contributed by atoms with Crippen LogP contribution in [0.2, 0.25) is 18.1 Å². The summed E-state index contributed by atoms with van der Waals surface area (Å²) in [4.78, 5) is 25.6. The number of nitrogens with one attached hydrogen (secondary N) is 1. The number of methoxy groups -OCH3 is 1. The minimum atomic E-state index is -2.02. The molecule has 2 N–H and O–H groups in total. The number of aliphatic hydroxyl groups is 1. The Labute approximate surface area is 149 Å². The molecule has 1 saturated heterocycles. The second-order valence-electron chi connectivity index (χ2n) is 7.82. The van der Waals surface area contributed by atoms with Gasteiger partial charge in [0, 0.05) is 19.4 Å². The number of hydrogen-bond donors (Lipinski definition) is 2. The van der Waals surface area contributed by atoms with Gasteiger partial charge in [0.25, 0.3) is 5.56 Å². The second kappa shape index (κ2) is 7.16. The quantitative estimate of drug-likeness (QED) is 0.715. The van der Waals surface area contributed by atoms with Gasteiger partial charge in [0.05, 0.1) is 6.61 Å². The lowest BCUT2D eigenvalue weighted by Crippen LogP contribution is -2.44. The van der Waals surface area contributed by atoms with Crippen molar-refractivity contribution in [2.24, 2.45) is 0 Å². The lowest BCUT2D eigenvalue weighted by molar-refractivity contribution is -0.0613. The third-order valence-electron chi connectivity index (χ3n) is 5.10. The predicted octanol–water partition coefficient (Wildman–Crippen LogP) is 0.832. The van der Waals surface area contributed by atoms with Gasteiger partial charge in [0.1, 0.15) is 18.3 Å². The van der Waals surface area contributed by atoms with Crippen molar-refractivity contribution in [3.63, 3.8) is 0 Å². The van der Waals surface area contributed by atoms with E-state index >= 15 is 0 Å². The van der Waals surface area contributed by atoms with Crippen LogP contribution in [0.3, 0.4) is 0 Å². The molecule has 0 bridgehead atoms. The molecule has 0 amide bonds. The SMILES string of the molecule is [3H]OC1[C@@H](CO[Si](C)(C)C(C)(C)C)O[C@@H](n2ccc(=O)[nH]c2=O)[C@H]1OC. The monoisotopic (exact) mass is 374 g/mol. The molecule has 0 saturated carbocycles. The van der Waals surface area contributed by atoms with Crippen molar-refractivity contribution in [3.8, 4) is 0 Å². The second-order valence-corrected chi connectivity index (χ2v) is 12.6. The first-order valence-corrected chi connectivity index (χ1v) is 11.2. The van der Waals surface area contributed by atoms with E-state index in [1.54, 1.807) is 0 Å². The van der Waals surface area contributed by atoms with E-state index in [0.29, 0.717) is 0 Å². The Morgan fingerprint density at radius 1 is 1.44 bits per heavy atom. The largest absolute Gasteiger partial charge is 0.414 e. The molecule has 142 valence electrons. The Kier molecular flexibility index (Phi) is 5.31. The summed E-state index contributed by atoms with van der Waals surface area (Å²) in [5.74, 6) is 0. The average molecular weight is 375 g/mol. The summed E-state index contributed by atoms with van der Waals surface area (Å²) in [5, 5.41) is 4.87. The van der Waals surface area contributed by atoms with Crippen molar-refractivity contribution >= 4 is 8.32 Å². The number of ether oxygens (including phenoxy) is 2. The van der Waals surface area contributed by atoms with E-state index in [2.05, 4.69) is 38.8 Å². The van der Waals surface area contributed by atoms with E-state index in [0.717, 1.165) is 0 Å². The van der Waals surface area contributed by atoms with E-state index in [1.165, 1.54) is 23.9 Å². The van der Waals surface area contributed by atoms with Crippen LogP contribution in [0.5, 0.6) is 0 Å². The van der Waals surface area contributed by atoms with E-state index < -0.39 is 44.1 Å². The van der Waals surface area contributed by atoms with Gasteiger partial charge in [-0.3, -0.25) is 14.3 Å². The Bertz CT molecular complexity index is 728. The van der Waals surface area contributed by atoms with Crippen LogP contribution in [0.1, 0.15) is 27.0 Å². The number of H-pyrrole nitrogens is 1. The number of aliphatic hydroxyl groups excluding tert-OH is 1. The van der Waals surface area contributed by atoms with Crippen molar-refractivity contribution in [3.05, 3.63) is 33.1 Å². The highest BCUT2D eigenvalue weighted by atomic mass is 28.4. The maximum absolute atomic E-state index is 12.1. The molecule has 1 aliphatic heterocycles. The highest BCUT2D eigenvalue weighted by molar-refractivity contribution is 6.74. The minimum Gasteiger partial charge on any atom is -0.414 e. The molecular formula is C16H28N2O6Si. The maximum Gasteiger partial charge on any atom is 0.330 e. The third-order valence-corrected chi connectivity index (χ3v) is 9.60. The van der Waals surface area contributed by atoms with Crippen LogP contribution in [0.25, 0.3) is 0 Å². The van der Waals surface area contributed by atoms with Crippen LogP contribution in [0, 0.1) is 0 Å². The summed E-state index contributed by atoms with van der Waals surface area (Å²) in [7, 11) is -0.561. The molecule has 0 radical (unpaired) electrons. The first kappa shape index (κ1) is 18.5. The van der Waals surface area contributed by atoms with Gasteiger partial charge in [0.2, 0.25) is 1.43 Å². The van der Waals surface area contributed by atoms with Crippen LogP contribution in [0.4, 0.5) is 0 Å². The smallest absolute Gasteiger partial charge is 0.330 e. The fourth-order valence-corrected chi connectivity index (χ4v) is 3.46. The predicted molar refractivity (Wildman–Crippen MR) is 95.2 cm³/mol. The molecule has 1 unspecified atom stereocenters. The Morgan fingerprint density at radius 3 is 2.64 bits per heavy atom. The highest BCUT2D eigenvalue weighted by Crippen LogP contribution is 2.38. The van der Waals surface area contributed by atoms with Gasteiger partial charge < -0.3 is 19.0 Å². The normalized spacial score (nSPS) is 28.2. The molecule has 8 nitrogen and oxygen atoms in total. The van der Waals surface area contributed by atoms with Crippen molar-refractivity contribution in [2.75, 3.05) is 13.7 Å². The molecule has 1 fully saturated rings. The zero-order chi connectivity index (χ0) is 19.7. The molecule has 2 rings (SSSR count). The third kappa shape index (κ3) is 4.12. The topological polar surface area (TPSA) is 103 Å². The molecular weight excluding hydrogens is 344 g/mol. The fraction of sp³-hybridized carbons (Fsp3) is 0.750. The van der Waals surface area contributed by atoms with Gasteiger partial charge >= 0.3 is 5.69 Å². The summed E-state index contributed by atoms with van der Waals surface area (Å²) in [5.41, 5.74) is -1.11. The summed E-state index contributed by atoms with van der Waals surface area (Å²) >= 11 is 0. The zero-order valence-electron chi connectivity index (χ0n) is 16.6. The first-order valence-electron chi connectivity index (χ1n) is 8.68. The van der Waals surface area contributed by atoms with Crippen LogP contribution < -0.4 is 11.2 Å². The standard InChI is InChI=1S/C16H28N2O6Si/c1-16(2,3)25(5,6)23-9-10-12(20)13(22-4)14(24-10)18-8-7-11(19)17-15(18)21/h7-8,10,12-14,20H,9H2,1-6H3,(H,17,19,21)/t10-,12?,13+,14-/m1/s1/i20T. The number of nitrogens with zero attached hydrogens (tertiary/aromatic N) is 1. The van der Waals surface area contributed by atoms with Crippen LogP contribution in [-0.2, 0) is 13.9 Å². The molecule has 1 aromatic rings. The fourth-order valence-electron chi connectivity index (χ4n) is 2.45. The first-order chi connectivity index (χ1) is 12.0. The minimum absolute atomic E-state index is 0.0266. The highest BCUT2D eigenvalue weighted by Gasteiger charge is 2.47. The van der Waals surface area contributed by atoms with Gasteiger partial charge in [0.15, 0.2) is 14.5 Å². The summed E-state index contributed by atoms with van der Waals surface area (Å²) in [6, 6.07) is 1.23. The summed E-state index contributed by atoms with van der Waals surface area (Å²) in [6.45, 7) is 10.9. The van der Waals surface area contributed by atoms with Gasteiger partial charge in [-0.25, -0.2) is 4.79 Å². The number of rotatable bonds is 6. The van der Waals surface area contributed by atoms with Gasteiger partial charge in [-0.2, -0.15) is 0 Å². The lowest BCUT2D eigenvalue weighted by Gasteiger charge is -2.37. The molecule has 0 aromatic carbocycles. The molecule has 25 heavy (non-hydrogen) atoms. The lowest BCUT2D eigenvalue weighted by atomic mass is 10.1. The molecule has 2 heterocycles. The summed E-state index contributed by atoms with van der Waals surface area (Å²) < 4.78 is 26.2. The maximum atomic E-state index is 12.1. The van der Waals surface area contributed by atoms with Crippen LogP contribution in [0.15, 0.2) is 21.9 Å². The number of hydrogen-bond acceptors (Lipinski definition) is 6.